The monoisotopic (exact) mass is 345 g/mol. The van der Waals surface area contributed by atoms with Gasteiger partial charge in [0.05, 0.1) is 17.3 Å². The number of hydrogen-bond acceptors (Lipinski definition) is 5. The number of ether oxygens (including phenoxy) is 1. The zero-order valence-corrected chi connectivity index (χ0v) is 15.7. The van der Waals surface area contributed by atoms with Crippen molar-refractivity contribution in [2.24, 2.45) is 7.05 Å². The van der Waals surface area contributed by atoms with Crippen molar-refractivity contribution in [2.75, 3.05) is 24.5 Å². The van der Waals surface area contributed by atoms with E-state index in [2.05, 4.69) is 21.9 Å². The fraction of sp³-hybridized carbons (Fsp3) is 0.611. The predicted octanol–water partition coefficient (Wildman–Crippen LogP) is 2.80. The van der Waals surface area contributed by atoms with Crippen LogP contribution in [0.25, 0.3) is 11.0 Å². The third-order valence-corrected chi connectivity index (χ3v) is 4.53. The first-order valence-electron chi connectivity index (χ1n) is 8.81. The van der Waals surface area contributed by atoms with Crippen molar-refractivity contribution in [2.45, 2.75) is 45.8 Å². The molecule has 2 aromatic heterocycles. The highest BCUT2D eigenvalue weighted by atomic mass is 16.6. The number of nitrogens with zero attached hydrogens (tertiary/aromatic N) is 5. The Hall–Kier alpha value is -2.31. The van der Waals surface area contributed by atoms with Crippen LogP contribution in [0.15, 0.2) is 18.5 Å². The highest BCUT2D eigenvalue weighted by Crippen LogP contribution is 2.29. The quantitative estimate of drug-likeness (QED) is 0.837. The van der Waals surface area contributed by atoms with Crippen LogP contribution in [0, 0.1) is 0 Å². The molecule has 136 valence electrons. The Balaban J connectivity index is 1.82. The van der Waals surface area contributed by atoms with Crippen molar-refractivity contribution >= 4 is 22.8 Å². The van der Waals surface area contributed by atoms with E-state index in [-0.39, 0.29) is 12.1 Å². The number of amides is 1. The molecule has 0 bridgehead atoms. The molecule has 0 saturated carbocycles. The first kappa shape index (κ1) is 17.5. The molecule has 1 atom stereocenters. The normalized spacial score (nSPS) is 18.7. The molecule has 0 unspecified atom stereocenters. The van der Waals surface area contributed by atoms with E-state index in [1.54, 1.807) is 4.68 Å². The third-order valence-electron chi connectivity index (χ3n) is 4.53. The summed E-state index contributed by atoms with van der Waals surface area (Å²) < 4.78 is 7.32. The van der Waals surface area contributed by atoms with Crippen molar-refractivity contribution in [3.8, 4) is 0 Å². The van der Waals surface area contributed by atoms with Gasteiger partial charge in [0.15, 0.2) is 5.65 Å². The van der Waals surface area contributed by atoms with Gasteiger partial charge in [-0.1, -0.05) is 6.92 Å². The molecule has 0 spiro atoms. The van der Waals surface area contributed by atoms with Gasteiger partial charge in [0.25, 0.3) is 0 Å². The number of aromatic nitrogens is 3. The average molecular weight is 345 g/mol. The summed E-state index contributed by atoms with van der Waals surface area (Å²) in [5.74, 6) is 0. The van der Waals surface area contributed by atoms with Gasteiger partial charge < -0.3 is 14.5 Å². The van der Waals surface area contributed by atoms with E-state index >= 15 is 0 Å². The maximum atomic E-state index is 12.4. The molecule has 0 N–H and O–H groups in total. The summed E-state index contributed by atoms with van der Waals surface area (Å²) in [6.45, 7) is 9.92. The number of piperazine rings is 1. The van der Waals surface area contributed by atoms with Gasteiger partial charge in [0, 0.05) is 38.9 Å². The Bertz CT molecular complexity index is 764. The van der Waals surface area contributed by atoms with Crippen molar-refractivity contribution < 1.29 is 9.53 Å². The maximum absolute atomic E-state index is 12.4. The van der Waals surface area contributed by atoms with Crippen LogP contribution < -0.4 is 4.90 Å². The van der Waals surface area contributed by atoms with Gasteiger partial charge in [-0.05, 0) is 33.3 Å². The van der Waals surface area contributed by atoms with E-state index in [1.165, 1.54) is 0 Å². The Kier molecular flexibility index (Phi) is 4.58. The third kappa shape index (κ3) is 3.55. The fourth-order valence-corrected chi connectivity index (χ4v) is 3.30. The van der Waals surface area contributed by atoms with Crippen molar-refractivity contribution in [3.63, 3.8) is 0 Å². The Morgan fingerprint density at radius 3 is 2.80 bits per heavy atom. The van der Waals surface area contributed by atoms with Crippen LogP contribution in [-0.4, -0.2) is 57.0 Å². The summed E-state index contributed by atoms with van der Waals surface area (Å²) >= 11 is 0. The van der Waals surface area contributed by atoms with E-state index in [1.807, 2.05) is 51.2 Å². The number of anilines is 1. The van der Waals surface area contributed by atoms with Crippen LogP contribution in [-0.2, 0) is 11.8 Å². The topological polar surface area (TPSA) is 63.5 Å². The van der Waals surface area contributed by atoms with Crippen LogP contribution in [0.2, 0.25) is 0 Å². The zero-order valence-electron chi connectivity index (χ0n) is 15.7. The van der Waals surface area contributed by atoms with E-state index in [0.29, 0.717) is 13.1 Å². The molecule has 7 heteroatoms. The molecule has 0 aromatic carbocycles. The molecule has 3 heterocycles. The van der Waals surface area contributed by atoms with E-state index < -0.39 is 5.60 Å². The van der Waals surface area contributed by atoms with Gasteiger partial charge >= 0.3 is 6.09 Å². The summed E-state index contributed by atoms with van der Waals surface area (Å²) in [6, 6.07) is 2.28. The number of fused-ring (bicyclic) bond motifs is 1. The summed E-state index contributed by atoms with van der Waals surface area (Å²) in [5, 5.41) is 5.38. The number of aryl methyl sites for hydroxylation is 1. The molecule has 1 aliphatic heterocycles. The second-order valence-electron chi connectivity index (χ2n) is 7.52. The lowest BCUT2D eigenvalue weighted by molar-refractivity contribution is 0.0213. The molecule has 0 aliphatic carbocycles. The lowest BCUT2D eigenvalue weighted by Crippen LogP contribution is -2.55. The number of hydrogen-bond donors (Lipinski definition) is 0. The molecule has 1 aliphatic rings. The van der Waals surface area contributed by atoms with Crippen LogP contribution in [0.4, 0.5) is 10.5 Å². The predicted molar refractivity (Wildman–Crippen MR) is 97.7 cm³/mol. The first-order valence-corrected chi connectivity index (χ1v) is 8.81. The minimum absolute atomic E-state index is 0.230. The molecule has 0 radical (unpaired) electrons. The molecule has 2 aromatic rings. The highest BCUT2D eigenvalue weighted by molar-refractivity contribution is 5.89. The molecule has 1 fully saturated rings. The van der Waals surface area contributed by atoms with Crippen LogP contribution >= 0.6 is 0 Å². The van der Waals surface area contributed by atoms with Gasteiger partial charge in [0.2, 0.25) is 0 Å². The van der Waals surface area contributed by atoms with E-state index in [4.69, 9.17) is 4.74 Å². The smallest absolute Gasteiger partial charge is 0.410 e. The van der Waals surface area contributed by atoms with Crippen molar-refractivity contribution in [1.29, 1.82) is 0 Å². The SMILES string of the molecule is CC[C@H]1CN(C(=O)OC(C)(C)C)CCN1c1ccnc2c1cnn2C. The van der Waals surface area contributed by atoms with Crippen LogP contribution in [0.3, 0.4) is 0 Å². The zero-order chi connectivity index (χ0) is 18.2. The summed E-state index contributed by atoms with van der Waals surface area (Å²) in [6.07, 6.45) is 4.41. The number of carbonyl (C=O) groups excluding carboxylic acids is 1. The van der Waals surface area contributed by atoms with Crippen LogP contribution in [0.5, 0.6) is 0 Å². The molecular weight excluding hydrogens is 318 g/mol. The standard InChI is InChI=1S/C18H27N5O2/c1-6-13-12-22(17(24)25-18(2,3)4)9-10-23(13)15-7-8-19-16-14(15)11-20-21(16)5/h7-8,11,13H,6,9-10,12H2,1-5H3/t13-/m0/s1. The Labute approximate surface area is 148 Å². The first-order chi connectivity index (χ1) is 11.8. The van der Waals surface area contributed by atoms with Gasteiger partial charge in [-0.2, -0.15) is 5.10 Å². The summed E-state index contributed by atoms with van der Waals surface area (Å²) in [4.78, 5) is 21.0. The number of carbonyl (C=O) groups is 1. The Morgan fingerprint density at radius 2 is 2.12 bits per heavy atom. The molecule has 1 saturated heterocycles. The second-order valence-corrected chi connectivity index (χ2v) is 7.52. The largest absolute Gasteiger partial charge is 0.444 e. The minimum Gasteiger partial charge on any atom is -0.444 e. The number of rotatable bonds is 2. The highest BCUT2D eigenvalue weighted by Gasteiger charge is 2.32. The number of pyridine rings is 1. The Morgan fingerprint density at radius 1 is 1.36 bits per heavy atom. The van der Waals surface area contributed by atoms with Gasteiger partial charge in [-0.3, -0.25) is 4.68 Å². The average Bonchev–Trinajstić information content (AvgIpc) is 2.94. The molecule has 7 nitrogen and oxygen atoms in total. The van der Waals surface area contributed by atoms with Gasteiger partial charge in [-0.25, -0.2) is 9.78 Å². The molecule has 3 rings (SSSR count). The second kappa shape index (κ2) is 6.54. The minimum atomic E-state index is -0.469. The molecular formula is C18H27N5O2. The molecule has 1 amide bonds. The van der Waals surface area contributed by atoms with Gasteiger partial charge in [-0.15, -0.1) is 0 Å². The maximum Gasteiger partial charge on any atom is 0.410 e. The lowest BCUT2D eigenvalue weighted by Gasteiger charge is -2.42. The van der Waals surface area contributed by atoms with Crippen LogP contribution in [0.1, 0.15) is 34.1 Å². The van der Waals surface area contributed by atoms with E-state index in [0.717, 1.165) is 29.7 Å². The summed E-state index contributed by atoms with van der Waals surface area (Å²) in [5.41, 5.74) is 1.54. The lowest BCUT2D eigenvalue weighted by atomic mass is 10.1. The molecule has 25 heavy (non-hydrogen) atoms. The van der Waals surface area contributed by atoms with Crippen molar-refractivity contribution in [3.05, 3.63) is 18.5 Å². The van der Waals surface area contributed by atoms with Crippen molar-refractivity contribution in [1.82, 2.24) is 19.7 Å². The fourth-order valence-electron chi connectivity index (χ4n) is 3.30. The van der Waals surface area contributed by atoms with Gasteiger partial charge in [0.1, 0.15) is 5.60 Å². The summed E-state index contributed by atoms with van der Waals surface area (Å²) in [7, 11) is 1.90. The van der Waals surface area contributed by atoms with E-state index in [9.17, 15) is 4.79 Å².